The van der Waals surface area contributed by atoms with E-state index in [4.69, 9.17) is 0 Å². The van der Waals surface area contributed by atoms with Gasteiger partial charge in [0.15, 0.2) is 23.1 Å². The Labute approximate surface area is 255 Å². The van der Waals surface area contributed by atoms with E-state index in [0.717, 1.165) is 11.1 Å². The van der Waals surface area contributed by atoms with Crippen LogP contribution in [0.3, 0.4) is 0 Å². The molecular weight excluding hydrogens is 538 g/mol. The van der Waals surface area contributed by atoms with Crippen molar-refractivity contribution in [3.8, 4) is 0 Å². The third kappa shape index (κ3) is 11.0. The molecule has 0 aliphatic heterocycles. The van der Waals surface area contributed by atoms with E-state index in [1.54, 1.807) is 60.7 Å². The lowest BCUT2D eigenvalue weighted by Gasteiger charge is -2.13. The lowest BCUT2D eigenvalue weighted by Crippen LogP contribution is -2.14. The Bertz CT molecular complexity index is 1480. The highest BCUT2D eigenvalue weighted by Crippen LogP contribution is 2.16. The van der Waals surface area contributed by atoms with Gasteiger partial charge in [-0.25, -0.2) is 0 Å². The molecule has 1 N–H and O–H groups in total. The molecule has 0 saturated carbocycles. The van der Waals surface area contributed by atoms with Crippen LogP contribution in [0.25, 0.3) is 0 Å². The van der Waals surface area contributed by atoms with Gasteiger partial charge in [-0.2, -0.15) is 0 Å². The standard InChI is InChI=1S/C19H21NO2.C17H16O3.CH4/c1-20(2)14-16-10-6-7-11-17(16)19(22)13-12-18(21)15-8-4-3-5-9-15;18-12-14-8-4-5-9-15(14)17(20)11-10-16(19)13-6-2-1-3-7-13;/h3-11H,12-14H2,1-2H3;1-9,18H,10-12H2;1H4. The third-order valence-electron chi connectivity index (χ3n) is 6.64. The molecule has 224 valence electrons. The van der Waals surface area contributed by atoms with Gasteiger partial charge in [0.25, 0.3) is 0 Å². The van der Waals surface area contributed by atoms with Crippen LogP contribution in [-0.4, -0.2) is 47.2 Å². The van der Waals surface area contributed by atoms with Crippen LogP contribution in [0, 0.1) is 0 Å². The molecule has 0 amide bonds. The van der Waals surface area contributed by atoms with Crippen molar-refractivity contribution in [2.75, 3.05) is 14.1 Å². The van der Waals surface area contributed by atoms with Crippen molar-refractivity contribution in [1.82, 2.24) is 4.90 Å². The minimum Gasteiger partial charge on any atom is -0.392 e. The third-order valence-corrected chi connectivity index (χ3v) is 6.64. The summed E-state index contributed by atoms with van der Waals surface area (Å²) in [6.07, 6.45) is 0.838. The van der Waals surface area contributed by atoms with Gasteiger partial charge in [-0.15, -0.1) is 0 Å². The molecule has 0 aliphatic rings. The van der Waals surface area contributed by atoms with Crippen molar-refractivity contribution in [2.24, 2.45) is 0 Å². The molecule has 0 fully saturated rings. The van der Waals surface area contributed by atoms with Crippen LogP contribution in [0.2, 0.25) is 0 Å². The maximum absolute atomic E-state index is 12.4. The maximum atomic E-state index is 12.4. The van der Waals surface area contributed by atoms with Crippen molar-refractivity contribution in [1.29, 1.82) is 0 Å². The Kier molecular flexibility index (Phi) is 14.6. The van der Waals surface area contributed by atoms with E-state index in [2.05, 4.69) is 0 Å². The van der Waals surface area contributed by atoms with Crippen LogP contribution in [0.1, 0.15) is 85.7 Å². The molecule has 6 heteroatoms. The van der Waals surface area contributed by atoms with Gasteiger partial charge in [-0.05, 0) is 25.2 Å². The second-order valence-corrected chi connectivity index (χ2v) is 10.1. The second kappa shape index (κ2) is 18.1. The second-order valence-electron chi connectivity index (χ2n) is 10.1. The minimum absolute atomic E-state index is 0. The normalized spacial score (nSPS) is 10.2. The predicted octanol–water partition coefficient (Wildman–Crippen LogP) is 7.25. The lowest BCUT2D eigenvalue weighted by atomic mass is 9.98. The Morgan fingerprint density at radius 3 is 1.28 bits per heavy atom. The summed E-state index contributed by atoms with van der Waals surface area (Å²) in [5.74, 6) is -0.111. The fraction of sp³-hybridized carbons (Fsp3) is 0.243. The van der Waals surface area contributed by atoms with E-state index in [1.165, 1.54) is 0 Å². The fourth-order valence-corrected chi connectivity index (χ4v) is 4.46. The van der Waals surface area contributed by atoms with E-state index < -0.39 is 0 Å². The van der Waals surface area contributed by atoms with Crippen LogP contribution in [0.4, 0.5) is 0 Å². The van der Waals surface area contributed by atoms with E-state index in [9.17, 15) is 24.3 Å². The summed E-state index contributed by atoms with van der Waals surface area (Å²) >= 11 is 0. The number of aliphatic hydroxyl groups excluding tert-OH is 1. The van der Waals surface area contributed by atoms with E-state index in [1.807, 2.05) is 67.5 Å². The predicted molar refractivity (Wildman–Crippen MR) is 172 cm³/mol. The first-order chi connectivity index (χ1) is 20.3. The van der Waals surface area contributed by atoms with E-state index >= 15 is 0 Å². The molecule has 0 aliphatic carbocycles. The average Bonchev–Trinajstić information content (AvgIpc) is 3.03. The topological polar surface area (TPSA) is 91.8 Å². The fourth-order valence-electron chi connectivity index (χ4n) is 4.46. The number of rotatable bonds is 13. The first-order valence-corrected chi connectivity index (χ1v) is 13.9. The van der Waals surface area contributed by atoms with Crippen molar-refractivity contribution in [2.45, 2.75) is 46.3 Å². The van der Waals surface area contributed by atoms with Crippen LogP contribution in [0.5, 0.6) is 0 Å². The summed E-state index contributed by atoms with van der Waals surface area (Å²) in [5, 5.41) is 9.20. The number of benzene rings is 4. The van der Waals surface area contributed by atoms with Crippen LogP contribution < -0.4 is 0 Å². The van der Waals surface area contributed by atoms with Gasteiger partial charge in [-0.1, -0.05) is 117 Å². The molecule has 4 aromatic rings. The monoisotopic (exact) mass is 579 g/mol. The molecule has 0 radical (unpaired) electrons. The maximum Gasteiger partial charge on any atom is 0.163 e. The number of hydrogen-bond acceptors (Lipinski definition) is 6. The summed E-state index contributed by atoms with van der Waals surface area (Å²) in [7, 11) is 3.94. The van der Waals surface area contributed by atoms with Gasteiger partial charge in [0.1, 0.15) is 0 Å². The first kappa shape index (κ1) is 34.7. The highest BCUT2D eigenvalue weighted by atomic mass is 16.3. The van der Waals surface area contributed by atoms with Crippen molar-refractivity contribution in [3.63, 3.8) is 0 Å². The molecule has 4 aromatic carbocycles. The lowest BCUT2D eigenvalue weighted by molar-refractivity contribution is 0.0916. The minimum atomic E-state index is -0.172. The molecule has 0 saturated heterocycles. The number of carbonyl (C=O) groups is 4. The average molecular weight is 580 g/mol. The van der Waals surface area contributed by atoms with Gasteiger partial charge in [0, 0.05) is 54.5 Å². The highest BCUT2D eigenvalue weighted by Gasteiger charge is 2.15. The molecule has 0 heterocycles. The summed E-state index contributed by atoms with van der Waals surface area (Å²) in [5.41, 5.74) is 4.11. The Balaban J connectivity index is 0.000000295. The smallest absolute Gasteiger partial charge is 0.163 e. The quantitative estimate of drug-likeness (QED) is 0.168. The van der Waals surface area contributed by atoms with Crippen molar-refractivity contribution in [3.05, 3.63) is 143 Å². The summed E-state index contributed by atoms with van der Waals surface area (Å²) in [4.78, 5) is 50.6. The van der Waals surface area contributed by atoms with Crippen LogP contribution in [-0.2, 0) is 13.2 Å². The molecule has 0 unspecified atom stereocenters. The van der Waals surface area contributed by atoms with Gasteiger partial charge in [0.05, 0.1) is 6.61 Å². The molecule has 6 nitrogen and oxygen atoms in total. The SMILES string of the molecule is C.CN(C)Cc1ccccc1C(=O)CCC(=O)c1ccccc1.O=C(CCC(=O)c1ccccc1CO)c1ccccc1. The molecule has 0 atom stereocenters. The zero-order valence-electron chi connectivity index (χ0n) is 24.2. The number of hydrogen-bond donors (Lipinski definition) is 1. The largest absolute Gasteiger partial charge is 0.392 e. The van der Waals surface area contributed by atoms with Crippen LogP contribution >= 0.6 is 0 Å². The number of Topliss-reactive ketones (excluding diaryl/α,β-unsaturated/α-hetero) is 4. The van der Waals surface area contributed by atoms with Gasteiger partial charge in [0.2, 0.25) is 0 Å². The van der Waals surface area contributed by atoms with Crippen LogP contribution in [0.15, 0.2) is 109 Å². The first-order valence-electron chi connectivity index (χ1n) is 13.9. The van der Waals surface area contributed by atoms with Crippen molar-refractivity contribution < 1.29 is 24.3 Å². The van der Waals surface area contributed by atoms with E-state index in [-0.39, 0.29) is 62.8 Å². The molecule has 0 bridgehead atoms. The van der Waals surface area contributed by atoms with Gasteiger partial charge >= 0.3 is 0 Å². The number of nitrogens with zero attached hydrogens (tertiary/aromatic N) is 1. The summed E-state index contributed by atoms with van der Waals surface area (Å²) in [6, 6.07) is 32.6. The number of carbonyl (C=O) groups excluding carboxylic acids is 4. The molecule has 4 rings (SSSR count). The highest BCUT2D eigenvalue weighted by molar-refractivity contribution is 6.03. The Hall–Kier alpha value is -4.52. The Morgan fingerprint density at radius 1 is 0.512 bits per heavy atom. The Morgan fingerprint density at radius 2 is 0.860 bits per heavy atom. The molecule has 43 heavy (non-hydrogen) atoms. The molecular formula is C37H41NO5. The number of ketones is 4. The van der Waals surface area contributed by atoms with Gasteiger partial charge < -0.3 is 10.0 Å². The number of aliphatic hydroxyl groups is 1. The van der Waals surface area contributed by atoms with E-state index in [0.29, 0.717) is 28.8 Å². The van der Waals surface area contributed by atoms with Gasteiger partial charge in [-0.3, -0.25) is 19.2 Å². The van der Waals surface area contributed by atoms with Crippen molar-refractivity contribution >= 4 is 23.1 Å². The summed E-state index contributed by atoms with van der Waals surface area (Å²) < 4.78 is 0. The zero-order valence-corrected chi connectivity index (χ0v) is 24.2. The summed E-state index contributed by atoms with van der Waals surface area (Å²) in [6.45, 7) is 0.545. The zero-order chi connectivity index (χ0) is 30.3. The molecule has 0 spiro atoms. The molecule has 0 aromatic heterocycles.